The number of piperidine rings is 1. The minimum Gasteiger partial charge on any atom is -0.398 e. The van der Waals surface area contributed by atoms with Crippen molar-refractivity contribution in [2.24, 2.45) is 5.92 Å². The molecule has 0 aromatic heterocycles. The van der Waals surface area contributed by atoms with Crippen LogP contribution in [0.2, 0.25) is 10.0 Å². The van der Waals surface area contributed by atoms with E-state index in [9.17, 15) is 4.79 Å². The molecule has 3 rings (SSSR count). The van der Waals surface area contributed by atoms with Crippen molar-refractivity contribution in [3.8, 4) is 11.1 Å². The van der Waals surface area contributed by atoms with Gasteiger partial charge < -0.3 is 16.0 Å². The number of hydrogen-bond acceptors (Lipinski definition) is 4. The minimum atomic E-state index is -0.138. The topological polar surface area (TPSA) is 82.2 Å². The first kappa shape index (κ1) is 19.7. The van der Waals surface area contributed by atoms with E-state index in [1.54, 1.807) is 24.3 Å². The lowest BCUT2D eigenvalue weighted by molar-refractivity contribution is -0.125. The van der Waals surface area contributed by atoms with Gasteiger partial charge in [-0.25, -0.2) is 0 Å². The fraction of sp³-hybridized carbons (Fsp3) is 0.300. The summed E-state index contributed by atoms with van der Waals surface area (Å²) in [5.41, 5.74) is 8.54. The predicted octanol–water partition coefficient (Wildman–Crippen LogP) is 4.03. The highest BCUT2D eigenvalue weighted by atomic mass is 35.5. The van der Waals surface area contributed by atoms with Crippen LogP contribution in [0.5, 0.6) is 0 Å². The van der Waals surface area contributed by atoms with Gasteiger partial charge in [0.15, 0.2) is 0 Å². The molecule has 0 radical (unpaired) electrons. The molecular weight excluding hydrogens is 383 g/mol. The molecule has 1 aliphatic heterocycles. The number of nitrogens with zero attached hydrogens (tertiary/aromatic N) is 1. The lowest BCUT2D eigenvalue weighted by Crippen LogP contribution is -2.43. The summed E-state index contributed by atoms with van der Waals surface area (Å²) < 4.78 is 0. The average molecular weight is 405 g/mol. The molecule has 1 heterocycles. The zero-order valence-corrected chi connectivity index (χ0v) is 16.6. The van der Waals surface area contributed by atoms with E-state index in [2.05, 4.69) is 10.2 Å². The monoisotopic (exact) mass is 404 g/mol. The number of carbonyl (C=O) groups excluding carboxylic acids is 1. The van der Waals surface area contributed by atoms with Gasteiger partial charge in [0.05, 0.1) is 5.92 Å². The number of halogens is 2. The number of nitrogen functional groups attached to an aromatic ring is 1. The van der Waals surface area contributed by atoms with Gasteiger partial charge in [0.2, 0.25) is 5.91 Å². The third-order valence-corrected chi connectivity index (χ3v) is 5.36. The van der Waals surface area contributed by atoms with Crippen molar-refractivity contribution in [2.75, 3.05) is 25.9 Å². The number of carbonyl (C=O) groups is 1. The third kappa shape index (κ3) is 4.61. The molecule has 1 aliphatic rings. The lowest BCUT2D eigenvalue weighted by atomic mass is 9.97. The number of amidine groups is 1. The van der Waals surface area contributed by atoms with Crippen molar-refractivity contribution in [1.29, 1.82) is 5.41 Å². The maximum atomic E-state index is 12.5. The van der Waals surface area contributed by atoms with Crippen molar-refractivity contribution < 1.29 is 4.79 Å². The van der Waals surface area contributed by atoms with E-state index < -0.39 is 0 Å². The van der Waals surface area contributed by atoms with Crippen LogP contribution in [-0.4, -0.2) is 36.8 Å². The minimum absolute atomic E-state index is 0.00216. The molecule has 2 aromatic carbocycles. The maximum absolute atomic E-state index is 12.5. The summed E-state index contributed by atoms with van der Waals surface area (Å²) >= 11 is 12.3. The van der Waals surface area contributed by atoms with Crippen LogP contribution >= 0.6 is 23.2 Å². The second kappa shape index (κ2) is 8.30. The molecular formula is C20H22Cl2N4O. The van der Waals surface area contributed by atoms with Gasteiger partial charge in [-0.2, -0.15) is 0 Å². The average Bonchev–Trinajstić information content (AvgIpc) is 2.62. The van der Waals surface area contributed by atoms with E-state index in [-0.39, 0.29) is 17.7 Å². The number of hydrogen-bond donors (Lipinski definition) is 3. The Morgan fingerprint density at radius 3 is 2.74 bits per heavy atom. The maximum Gasteiger partial charge on any atom is 0.229 e. The highest BCUT2D eigenvalue weighted by molar-refractivity contribution is 6.36. The fourth-order valence-corrected chi connectivity index (χ4v) is 3.85. The van der Waals surface area contributed by atoms with Crippen LogP contribution < -0.4 is 11.1 Å². The number of nitrogens with two attached hydrogens (primary N) is 1. The van der Waals surface area contributed by atoms with E-state index in [1.807, 2.05) is 19.2 Å². The van der Waals surface area contributed by atoms with Crippen molar-refractivity contribution in [2.45, 2.75) is 12.8 Å². The van der Waals surface area contributed by atoms with E-state index >= 15 is 0 Å². The van der Waals surface area contributed by atoms with Crippen LogP contribution in [0.4, 0.5) is 5.69 Å². The summed E-state index contributed by atoms with van der Waals surface area (Å²) in [6.07, 6.45) is 1.81. The Bertz CT molecular complexity index is 884. The van der Waals surface area contributed by atoms with Crippen LogP contribution in [0, 0.1) is 11.3 Å². The molecule has 0 spiro atoms. The van der Waals surface area contributed by atoms with Crippen LogP contribution in [0.3, 0.4) is 0 Å². The second-order valence-corrected chi connectivity index (χ2v) is 7.74. The molecule has 142 valence electrons. The Morgan fingerprint density at radius 1 is 1.26 bits per heavy atom. The predicted molar refractivity (Wildman–Crippen MR) is 112 cm³/mol. The number of amides is 1. The van der Waals surface area contributed by atoms with Crippen molar-refractivity contribution in [1.82, 2.24) is 10.2 Å². The molecule has 1 unspecified atom stereocenters. The SMILES string of the molecule is CN1CCCC(C(=O)NC(=N)c2cc(-c3ccc(Cl)cc3Cl)ccc2N)C1. The van der Waals surface area contributed by atoms with E-state index in [4.69, 9.17) is 34.3 Å². The van der Waals surface area contributed by atoms with Gasteiger partial charge in [0.1, 0.15) is 5.84 Å². The first-order valence-corrected chi connectivity index (χ1v) is 9.54. The number of anilines is 1. The van der Waals surface area contributed by atoms with Gasteiger partial charge in [0.25, 0.3) is 0 Å². The number of likely N-dealkylation sites (tertiary alicyclic amines) is 1. The molecule has 1 amide bonds. The number of rotatable bonds is 3. The summed E-state index contributed by atoms with van der Waals surface area (Å²) in [7, 11) is 2.00. The van der Waals surface area contributed by atoms with Gasteiger partial charge >= 0.3 is 0 Å². The Labute approximate surface area is 169 Å². The number of nitrogens with one attached hydrogen (secondary N) is 2. The summed E-state index contributed by atoms with van der Waals surface area (Å²) in [6, 6.07) is 10.6. The Hall–Kier alpha value is -2.08. The molecule has 1 fully saturated rings. The highest BCUT2D eigenvalue weighted by Crippen LogP contribution is 2.32. The number of benzene rings is 2. The molecule has 1 atom stereocenters. The Balaban J connectivity index is 1.81. The summed E-state index contributed by atoms with van der Waals surface area (Å²) in [5, 5.41) is 12.1. The summed E-state index contributed by atoms with van der Waals surface area (Å²) in [4.78, 5) is 14.7. The molecule has 0 bridgehead atoms. The van der Waals surface area contributed by atoms with Crippen LogP contribution in [0.15, 0.2) is 36.4 Å². The Kier molecular flexibility index (Phi) is 6.05. The zero-order chi connectivity index (χ0) is 19.6. The molecule has 5 nitrogen and oxygen atoms in total. The zero-order valence-electron chi connectivity index (χ0n) is 15.1. The standard InChI is InChI=1S/C20H22Cl2N4O/c1-26-8-2-3-13(11-26)20(27)25-19(24)16-9-12(4-7-18(16)23)15-6-5-14(21)10-17(15)22/h4-7,9-10,13H,2-3,8,11,23H2,1H3,(H2,24,25,27). The van der Waals surface area contributed by atoms with Crippen LogP contribution in [0.1, 0.15) is 18.4 Å². The first-order chi connectivity index (χ1) is 12.8. The van der Waals surface area contributed by atoms with E-state index in [0.29, 0.717) is 27.8 Å². The molecule has 0 aliphatic carbocycles. The lowest BCUT2D eigenvalue weighted by Gasteiger charge is -2.28. The Morgan fingerprint density at radius 2 is 2.04 bits per heavy atom. The van der Waals surface area contributed by atoms with Gasteiger partial charge in [-0.05, 0) is 56.3 Å². The van der Waals surface area contributed by atoms with Gasteiger partial charge in [0, 0.05) is 33.4 Å². The summed E-state index contributed by atoms with van der Waals surface area (Å²) in [5.74, 6) is -0.252. The fourth-order valence-electron chi connectivity index (χ4n) is 3.34. The van der Waals surface area contributed by atoms with Gasteiger partial charge in [-0.15, -0.1) is 0 Å². The normalized spacial score (nSPS) is 17.5. The van der Waals surface area contributed by atoms with E-state index in [0.717, 1.165) is 30.5 Å². The molecule has 1 saturated heterocycles. The molecule has 2 aromatic rings. The highest BCUT2D eigenvalue weighted by Gasteiger charge is 2.25. The third-order valence-electron chi connectivity index (χ3n) is 4.81. The molecule has 4 N–H and O–H groups in total. The second-order valence-electron chi connectivity index (χ2n) is 6.89. The van der Waals surface area contributed by atoms with Crippen molar-refractivity contribution in [3.63, 3.8) is 0 Å². The quantitative estimate of drug-likeness (QED) is 0.410. The summed E-state index contributed by atoms with van der Waals surface area (Å²) in [6.45, 7) is 1.70. The van der Waals surface area contributed by atoms with Crippen molar-refractivity contribution >= 4 is 40.6 Å². The molecule has 27 heavy (non-hydrogen) atoms. The molecule has 0 saturated carbocycles. The van der Waals surface area contributed by atoms with Crippen LogP contribution in [0.25, 0.3) is 11.1 Å². The van der Waals surface area contributed by atoms with Gasteiger partial charge in [-0.3, -0.25) is 10.2 Å². The first-order valence-electron chi connectivity index (χ1n) is 8.78. The van der Waals surface area contributed by atoms with Crippen LogP contribution in [-0.2, 0) is 4.79 Å². The molecule has 7 heteroatoms. The largest absolute Gasteiger partial charge is 0.398 e. The smallest absolute Gasteiger partial charge is 0.229 e. The van der Waals surface area contributed by atoms with Gasteiger partial charge in [-0.1, -0.05) is 35.3 Å². The van der Waals surface area contributed by atoms with E-state index in [1.165, 1.54) is 0 Å². The van der Waals surface area contributed by atoms with Crippen molar-refractivity contribution in [3.05, 3.63) is 52.0 Å².